The largest absolute Gasteiger partial charge is 0.459 e. The number of hydrogen-bond donors (Lipinski definition) is 2. The number of esters is 1. The summed E-state index contributed by atoms with van der Waals surface area (Å²) in [5.74, 6) is -6.57. The van der Waals surface area contributed by atoms with Gasteiger partial charge in [0.15, 0.2) is 12.1 Å². The van der Waals surface area contributed by atoms with E-state index in [9.17, 15) is 29.1 Å². The summed E-state index contributed by atoms with van der Waals surface area (Å²) >= 11 is 0. The van der Waals surface area contributed by atoms with Crippen molar-refractivity contribution in [3.8, 4) is 0 Å². The lowest BCUT2D eigenvalue weighted by Gasteiger charge is -2.45. The zero-order valence-electron chi connectivity index (χ0n) is 28.0. The molecule has 0 radical (unpaired) electrons. The van der Waals surface area contributed by atoms with Crippen LogP contribution in [0.5, 0.6) is 0 Å². The summed E-state index contributed by atoms with van der Waals surface area (Å²) in [6.45, 7) is 12.9. The molecular formula is C32H54N2O10. The third-order valence-corrected chi connectivity index (χ3v) is 9.73. The van der Waals surface area contributed by atoms with Crippen LogP contribution in [0, 0.1) is 29.6 Å². The van der Waals surface area contributed by atoms with E-state index < -0.39 is 77.1 Å². The smallest absolute Gasteiger partial charge is 0.405 e. The SMILES string of the molecule is CC[C@H]1OC(=O)[C@H](C)C(=O)[C@H](C)[C@@H](O[C@H]2C[C@@H](N(C)C)C[C@@H](C)O2)[C@](C)(OC(N)=O)C[C@@H](C)C(=O)C(C)C(CC=O)[C@]1(C)O. The number of primary amides is 1. The van der Waals surface area contributed by atoms with Crippen molar-refractivity contribution in [2.75, 3.05) is 14.1 Å². The number of carbonyl (C=O) groups excluding carboxylic acids is 5. The van der Waals surface area contributed by atoms with Gasteiger partial charge in [0.25, 0.3) is 0 Å². The highest BCUT2D eigenvalue weighted by molar-refractivity contribution is 6.00. The van der Waals surface area contributed by atoms with E-state index in [0.717, 1.165) is 6.42 Å². The van der Waals surface area contributed by atoms with Crippen LogP contribution in [0.25, 0.3) is 0 Å². The normalized spacial score (nSPS) is 41.5. The first kappa shape index (κ1) is 37.8. The molecule has 0 spiro atoms. The summed E-state index contributed by atoms with van der Waals surface area (Å²) in [7, 11) is 3.91. The van der Waals surface area contributed by atoms with E-state index in [4.69, 9.17) is 24.7 Å². The lowest BCUT2D eigenvalue weighted by atomic mass is 9.69. The Morgan fingerprint density at radius 3 is 2.20 bits per heavy atom. The van der Waals surface area contributed by atoms with Gasteiger partial charge in [-0.2, -0.15) is 0 Å². The van der Waals surface area contributed by atoms with Crippen LogP contribution in [-0.4, -0.2) is 95.9 Å². The number of aldehydes is 1. The Morgan fingerprint density at radius 1 is 1.07 bits per heavy atom. The summed E-state index contributed by atoms with van der Waals surface area (Å²) in [5.41, 5.74) is 2.16. The summed E-state index contributed by atoms with van der Waals surface area (Å²) in [6, 6.07) is 0.111. The lowest BCUT2D eigenvalue weighted by molar-refractivity contribution is -0.258. The molecule has 2 fully saturated rings. The van der Waals surface area contributed by atoms with Crippen LogP contribution in [0.15, 0.2) is 0 Å². The molecule has 12 nitrogen and oxygen atoms in total. The Labute approximate surface area is 261 Å². The third kappa shape index (κ3) is 8.64. The second-order valence-corrected chi connectivity index (χ2v) is 13.5. The van der Waals surface area contributed by atoms with Crippen molar-refractivity contribution in [2.24, 2.45) is 35.3 Å². The molecule has 12 atom stereocenters. The predicted molar refractivity (Wildman–Crippen MR) is 161 cm³/mol. The molecule has 0 aromatic heterocycles. The Kier molecular flexibility index (Phi) is 13.1. The molecule has 0 aromatic rings. The molecule has 1 amide bonds. The van der Waals surface area contributed by atoms with E-state index >= 15 is 0 Å². The third-order valence-electron chi connectivity index (χ3n) is 9.73. The first-order valence-corrected chi connectivity index (χ1v) is 15.7. The molecule has 0 saturated carbocycles. The van der Waals surface area contributed by atoms with Crippen molar-refractivity contribution >= 4 is 29.9 Å². The molecule has 0 bridgehead atoms. The van der Waals surface area contributed by atoms with Crippen molar-refractivity contribution in [2.45, 2.75) is 129 Å². The minimum atomic E-state index is -1.77. The van der Waals surface area contributed by atoms with Crippen LogP contribution in [0.4, 0.5) is 4.79 Å². The number of aliphatic hydroxyl groups is 1. The number of carbonyl (C=O) groups is 5. The van der Waals surface area contributed by atoms with Gasteiger partial charge in [-0.1, -0.05) is 27.7 Å². The van der Waals surface area contributed by atoms with Crippen LogP contribution in [-0.2, 0) is 38.1 Å². The van der Waals surface area contributed by atoms with Crippen molar-refractivity contribution in [1.82, 2.24) is 4.90 Å². The topological polar surface area (TPSA) is 172 Å². The summed E-state index contributed by atoms with van der Waals surface area (Å²) in [6.07, 6.45) is -2.57. The fourth-order valence-electron chi connectivity index (χ4n) is 7.15. The molecule has 3 N–H and O–H groups in total. The van der Waals surface area contributed by atoms with Crippen molar-refractivity contribution in [1.29, 1.82) is 0 Å². The highest BCUT2D eigenvalue weighted by Gasteiger charge is 2.52. The molecule has 2 aliphatic rings. The number of amides is 1. The van der Waals surface area contributed by atoms with Crippen LogP contribution >= 0.6 is 0 Å². The van der Waals surface area contributed by atoms with Crippen LogP contribution in [0.1, 0.15) is 87.5 Å². The molecule has 0 aromatic carbocycles. The van der Waals surface area contributed by atoms with Gasteiger partial charge in [0.05, 0.1) is 6.10 Å². The second-order valence-electron chi connectivity index (χ2n) is 13.5. The number of nitrogens with zero attached hydrogens (tertiary/aromatic N) is 1. The van der Waals surface area contributed by atoms with Gasteiger partial charge in [-0.15, -0.1) is 0 Å². The number of cyclic esters (lactones) is 1. The Hall–Kier alpha value is -2.41. The maximum absolute atomic E-state index is 13.9. The molecule has 252 valence electrons. The molecule has 2 aliphatic heterocycles. The van der Waals surface area contributed by atoms with Gasteiger partial charge < -0.3 is 39.5 Å². The zero-order chi connectivity index (χ0) is 33.7. The Balaban J connectivity index is 2.70. The second kappa shape index (κ2) is 15.2. The van der Waals surface area contributed by atoms with Gasteiger partial charge in [0, 0.05) is 42.6 Å². The fraction of sp³-hybridized carbons (Fsp3) is 0.844. The molecule has 2 rings (SSSR count). The Morgan fingerprint density at radius 2 is 1.68 bits per heavy atom. The fourth-order valence-corrected chi connectivity index (χ4v) is 7.15. The van der Waals surface area contributed by atoms with E-state index in [-0.39, 0.29) is 37.2 Å². The summed E-state index contributed by atoms with van der Waals surface area (Å²) in [4.78, 5) is 67.4. The number of Topliss-reactive ketones (excluding diaryl/α,β-unsaturated/α-hetero) is 2. The maximum Gasteiger partial charge on any atom is 0.405 e. The highest BCUT2D eigenvalue weighted by atomic mass is 16.7. The first-order chi connectivity index (χ1) is 20.3. The van der Waals surface area contributed by atoms with Gasteiger partial charge in [0.1, 0.15) is 41.4 Å². The lowest BCUT2D eigenvalue weighted by Crippen LogP contribution is -2.57. The predicted octanol–water partition coefficient (Wildman–Crippen LogP) is 3.05. The first-order valence-electron chi connectivity index (χ1n) is 15.7. The Bertz CT molecular complexity index is 1050. The monoisotopic (exact) mass is 626 g/mol. The van der Waals surface area contributed by atoms with Gasteiger partial charge in [-0.05, 0) is 61.1 Å². The molecule has 2 saturated heterocycles. The summed E-state index contributed by atoms with van der Waals surface area (Å²) in [5, 5.41) is 11.7. The van der Waals surface area contributed by atoms with Gasteiger partial charge in [-0.3, -0.25) is 14.4 Å². The standard InChI is InChI=1S/C32H54N2O10/c1-11-24-32(8,40)23(12-13-35)19(4)26(36)17(2)16-31(7,44-30(33)39)28(20(5)27(37)21(6)29(38)42-24)43-25-15-22(34(9)10)14-18(3)41-25/h13,17-25,28,40H,11-12,14-16H2,1-10H3,(H2,33,39)/t17-,18-,19?,20+,21-,22+,23?,24-,25+,28-,31-,32+/m1/s1. The molecule has 12 heteroatoms. The minimum absolute atomic E-state index is 0.0905. The molecule has 0 aliphatic carbocycles. The summed E-state index contributed by atoms with van der Waals surface area (Å²) < 4.78 is 24.1. The van der Waals surface area contributed by atoms with E-state index in [1.807, 2.05) is 21.0 Å². The number of ketones is 2. The number of nitrogens with two attached hydrogens (primary N) is 1. The molecule has 2 unspecified atom stereocenters. The van der Waals surface area contributed by atoms with Gasteiger partial charge in [-0.25, -0.2) is 4.79 Å². The number of hydrogen-bond acceptors (Lipinski definition) is 11. The molecule has 2 heterocycles. The van der Waals surface area contributed by atoms with E-state index in [1.165, 1.54) is 13.8 Å². The van der Waals surface area contributed by atoms with Crippen molar-refractivity contribution < 1.29 is 48.0 Å². The minimum Gasteiger partial charge on any atom is -0.459 e. The average molecular weight is 627 g/mol. The number of rotatable bonds is 7. The van der Waals surface area contributed by atoms with Gasteiger partial charge >= 0.3 is 12.1 Å². The maximum atomic E-state index is 13.9. The quantitative estimate of drug-likeness (QED) is 0.242. The van der Waals surface area contributed by atoms with E-state index in [0.29, 0.717) is 12.7 Å². The highest BCUT2D eigenvalue weighted by Crippen LogP contribution is 2.40. The van der Waals surface area contributed by atoms with Crippen LogP contribution in [0.3, 0.4) is 0 Å². The average Bonchev–Trinajstić information content (AvgIpc) is 2.93. The van der Waals surface area contributed by atoms with Gasteiger partial charge in [0.2, 0.25) is 0 Å². The number of ether oxygens (including phenoxy) is 4. The molecule has 44 heavy (non-hydrogen) atoms. The zero-order valence-corrected chi connectivity index (χ0v) is 28.0. The van der Waals surface area contributed by atoms with Crippen molar-refractivity contribution in [3.05, 3.63) is 0 Å². The van der Waals surface area contributed by atoms with Crippen LogP contribution in [0.2, 0.25) is 0 Å². The van der Waals surface area contributed by atoms with E-state index in [1.54, 1.807) is 34.6 Å². The van der Waals surface area contributed by atoms with Crippen molar-refractivity contribution in [3.63, 3.8) is 0 Å². The van der Waals surface area contributed by atoms with Crippen LogP contribution < -0.4 is 5.73 Å². The van der Waals surface area contributed by atoms with E-state index in [2.05, 4.69) is 4.90 Å². The molecular weight excluding hydrogens is 572 g/mol.